The van der Waals surface area contributed by atoms with Crippen molar-refractivity contribution >= 4 is 5.91 Å². The van der Waals surface area contributed by atoms with E-state index in [0.29, 0.717) is 31.0 Å². The first-order valence-corrected chi connectivity index (χ1v) is 10.2. The number of hydrogen-bond acceptors (Lipinski definition) is 6. The van der Waals surface area contributed by atoms with Crippen molar-refractivity contribution in [1.29, 1.82) is 0 Å². The Kier molecular flexibility index (Phi) is 5.94. The van der Waals surface area contributed by atoms with Crippen LogP contribution in [0.4, 0.5) is 0 Å². The van der Waals surface area contributed by atoms with Crippen LogP contribution >= 0.6 is 0 Å². The van der Waals surface area contributed by atoms with Crippen LogP contribution in [0.25, 0.3) is 0 Å². The molecule has 0 spiro atoms. The zero-order valence-electron chi connectivity index (χ0n) is 17.1. The molecule has 7 heteroatoms. The van der Waals surface area contributed by atoms with Crippen molar-refractivity contribution in [3.05, 3.63) is 47.0 Å². The fraction of sp³-hybridized carbons (Fsp3) is 0.500. The Bertz CT molecular complexity index is 880. The number of piperidine rings is 1. The van der Waals surface area contributed by atoms with Crippen molar-refractivity contribution in [2.75, 3.05) is 27.3 Å². The lowest BCUT2D eigenvalue weighted by atomic mass is 10.0. The zero-order valence-corrected chi connectivity index (χ0v) is 17.1. The minimum atomic E-state index is 0.0980. The lowest BCUT2D eigenvalue weighted by Gasteiger charge is -2.29. The first-order chi connectivity index (χ1) is 14.2. The molecule has 154 valence electrons. The van der Waals surface area contributed by atoms with Crippen molar-refractivity contribution in [3.8, 4) is 11.5 Å². The fourth-order valence-electron chi connectivity index (χ4n) is 4.06. The minimum absolute atomic E-state index is 0.0980. The Morgan fingerprint density at radius 2 is 2.10 bits per heavy atom. The molecule has 2 aliphatic rings. The molecule has 2 aliphatic heterocycles. The SMILES string of the molecule is COc1ccc(CC(=O)N2CCc3nc(C4CCCCN4)ncc3C2)cc1OC. The van der Waals surface area contributed by atoms with E-state index in [4.69, 9.17) is 14.5 Å². The molecule has 0 radical (unpaired) electrons. The average molecular weight is 396 g/mol. The summed E-state index contributed by atoms with van der Waals surface area (Å²) in [5, 5.41) is 3.51. The van der Waals surface area contributed by atoms with Crippen LogP contribution in [0.1, 0.15) is 47.9 Å². The van der Waals surface area contributed by atoms with Gasteiger partial charge in [-0.1, -0.05) is 12.5 Å². The lowest BCUT2D eigenvalue weighted by Crippen LogP contribution is -2.38. The van der Waals surface area contributed by atoms with Gasteiger partial charge in [0.2, 0.25) is 5.91 Å². The van der Waals surface area contributed by atoms with Gasteiger partial charge in [-0.05, 0) is 37.1 Å². The summed E-state index contributed by atoms with van der Waals surface area (Å²) in [5.41, 5.74) is 3.04. The summed E-state index contributed by atoms with van der Waals surface area (Å²) in [7, 11) is 3.20. The summed E-state index contributed by atoms with van der Waals surface area (Å²) in [5.74, 6) is 2.30. The molecule has 1 fully saturated rings. The number of benzene rings is 1. The largest absolute Gasteiger partial charge is 0.493 e. The monoisotopic (exact) mass is 396 g/mol. The quantitative estimate of drug-likeness (QED) is 0.837. The van der Waals surface area contributed by atoms with Crippen LogP contribution in [0.3, 0.4) is 0 Å². The second-order valence-electron chi connectivity index (χ2n) is 7.63. The Labute approximate surface area is 171 Å². The van der Waals surface area contributed by atoms with Crippen molar-refractivity contribution in [1.82, 2.24) is 20.2 Å². The van der Waals surface area contributed by atoms with Gasteiger partial charge in [-0.25, -0.2) is 9.97 Å². The molecule has 7 nitrogen and oxygen atoms in total. The van der Waals surface area contributed by atoms with Gasteiger partial charge in [0.25, 0.3) is 0 Å². The van der Waals surface area contributed by atoms with Gasteiger partial charge in [0.1, 0.15) is 5.82 Å². The fourth-order valence-corrected chi connectivity index (χ4v) is 4.06. The van der Waals surface area contributed by atoms with E-state index in [9.17, 15) is 4.79 Å². The van der Waals surface area contributed by atoms with E-state index in [0.717, 1.165) is 42.0 Å². The number of methoxy groups -OCH3 is 2. The van der Waals surface area contributed by atoms with E-state index in [-0.39, 0.29) is 11.9 Å². The van der Waals surface area contributed by atoms with Gasteiger partial charge in [0, 0.05) is 31.3 Å². The summed E-state index contributed by atoms with van der Waals surface area (Å²) >= 11 is 0. The molecule has 0 bridgehead atoms. The maximum atomic E-state index is 12.8. The molecule has 1 amide bonds. The summed E-state index contributed by atoms with van der Waals surface area (Å²) in [4.78, 5) is 24.1. The molecule has 2 aromatic rings. The highest BCUT2D eigenvalue weighted by Crippen LogP contribution is 2.28. The van der Waals surface area contributed by atoms with Crippen LogP contribution < -0.4 is 14.8 Å². The summed E-state index contributed by atoms with van der Waals surface area (Å²) in [6.45, 7) is 2.29. The van der Waals surface area contributed by atoms with E-state index in [2.05, 4.69) is 10.3 Å². The van der Waals surface area contributed by atoms with Crippen LogP contribution in [0.2, 0.25) is 0 Å². The second-order valence-corrected chi connectivity index (χ2v) is 7.63. The molecule has 1 unspecified atom stereocenters. The van der Waals surface area contributed by atoms with Gasteiger partial charge >= 0.3 is 0 Å². The van der Waals surface area contributed by atoms with E-state index >= 15 is 0 Å². The number of ether oxygens (including phenoxy) is 2. The Morgan fingerprint density at radius 3 is 2.86 bits per heavy atom. The van der Waals surface area contributed by atoms with Crippen LogP contribution in [0.15, 0.2) is 24.4 Å². The number of fused-ring (bicyclic) bond motifs is 1. The van der Waals surface area contributed by atoms with E-state index < -0.39 is 0 Å². The van der Waals surface area contributed by atoms with Gasteiger partial charge < -0.3 is 19.7 Å². The van der Waals surface area contributed by atoms with Crippen molar-refractivity contribution in [2.24, 2.45) is 0 Å². The van der Waals surface area contributed by atoms with Crippen LogP contribution in [0.5, 0.6) is 11.5 Å². The minimum Gasteiger partial charge on any atom is -0.493 e. The predicted molar refractivity (Wildman–Crippen MR) is 109 cm³/mol. The molecular formula is C22H28N4O3. The molecule has 0 aliphatic carbocycles. The number of aromatic nitrogens is 2. The highest BCUT2D eigenvalue weighted by atomic mass is 16.5. The standard InChI is InChI=1S/C22H28N4O3/c1-28-19-7-6-15(11-20(19)29-2)12-21(27)26-10-8-17-16(14-26)13-24-22(25-17)18-5-3-4-9-23-18/h6-7,11,13,18,23H,3-5,8-10,12,14H2,1-2H3. The molecule has 1 saturated heterocycles. The predicted octanol–water partition coefficient (Wildman–Crippen LogP) is 2.44. The van der Waals surface area contributed by atoms with Gasteiger partial charge in [-0.15, -0.1) is 0 Å². The first-order valence-electron chi connectivity index (χ1n) is 10.2. The number of rotatable bonds is 5. The molecule has 1 aromatic carbocycles. The Hall–Kier alpha value is -2.67. The van der Waals surface area contributed by atoms with Gasteiger partial charge in [0.05, 0.1) is 32.4 Å². The molecule has 1 aromatic heterocycles. The van der Waals surface area contributed by atoms with Gasteiger partial charge in [-0.2, -0.15) is 0 Å². The number of nitrogens with one attached hydrogen (secondary N) is 1. The summed E-state index contributed by atoms with van der Waals surface area (Å²) in [6.07, 6.45) is 6.55. The van der Waals surface area contributed by atoms with Crippen molar-refractivity contribution < 1.29 is 14.3 Å². The molecule has 29 heavy (non-hydrogen) atoms. The topological polar surface area (TPSA) is 76.6 Å². The van der Waals surface area contributed by atoms with E-state index in [1.54, 1.807) is 14.2 Å². The number of nitrogens with zero attached hydrogens (tertiary/aromatic N) is 3. The van der Waals surface area contributed by atoms with Crippen LogP contribution in [0, 0.1) is 0 Å². The number of carbonyl (C=O) groups is 1. The molecule has 4 rings (SSSR count). The van der Waals surface area contributed by atoms with Crippen molar-refractivity contribution in [3.63, 3.8) is 0 Å². The van der Waals surface area contributed by atoms with Gasteiger partial charge in [-0.3, -0.25) is 4.79 Å². The van der Waals surface area contributed by atoms with Crippen LogP contribution in [-0.4, -0.2) is 48.1 Å². The zero-order chi connectivity index (χ0) is 20.2. The number of hydrogen-bond donors (Lipinski definition) is 1. The molecule has 0 saturated carbocycles. The van der Waals surface area contributed by atoms with Gasteiger partial charge in [0.15, 0.2) is 11.5 Å². The smallest absolute Gasteiger partial charge is 0.227 e. The number of carbonyl (C=O) groups excluding carboxylic acids is 1. The Morgan fingerprint density at radius 1 is 1.24 bits per heavy atom. The normalized spacial score (nSPS) is 18.8. The Balaban J connectivity index is 1.42. The van der Waals surface area contributed by atoms with Crippen molar-refractivity contribution in [2.45, 2.75) is 44.7 Å². The maximum Gasteiger partial charge on any atom is 0.227 e. The summed E-state index contributed by atoms with van der Waals surface area (Å²) in [6, 6.07) is 5.87. The van der Waals surface area contributed by atoms with E-state index in [1.165, 1.54) is 12.8 Å². The molecule has 1 N–H and O–H groups in total. The molecular weight excluding hydrogens is 368 g/mol. The third-order valence-corrected chi connectivity index (χ3v) is 5.73. The lowest BCUT2D eigenvalue weighted by molar-refractivity contribution is -0.131. The average Bonchev–Trinajstić information content (AvgIpc) is 2.78. The van der Waals surface area contributed by atoms with Crippen LogP contribution in [-0.2, 0) is 24.2 Å². The first kappa shape index (κ1) is 19.6. The highest BCUT2D eigenvalue weighted by molar-refractivity contribution is 5.79. The molecule has 3 heterocycles. The van der Waals surface area contributed by atoms with E-state index in [1.807, 2.05) is 29.3 Å². The second kappa shape index (κ2) is 8.78. The molecule has 1 atom stereocenters. The third kappa shape index (κ3) is 4.34. The number of amides is 1. The highest BCUT2D eigenvalue weighted by Gasteiger charge is 2.25. The third-order valence-electron chi connectivity index (χ3n) is 5.73. The maximum absolute atomic E-state index is 12.8. The summed E-state index contributed by atoms with van der Waals surface area (Å²) < 4.78 is 10.6.